The van der Waals surface area contributed by atoms with Crippen LogP contribution in [-0.2, 0) is 4.74 Å². The Morgan fingerprint density at radius 3 is 1.81 bits per heavy atom. The van der Waals surface area contributed by atoms with Gasteiger partial charge in [0.2, 0.25) is 5.79 Å². The van der Waals surface area contributed by atoms with E-state index in [1.54, 1.807) is 0 Å². The van der Waals surface area contributed by atoms with Gasteiger partial charge in [-0.15, -0.1) is 0 Å². The highest BCUT2D eigenvalue weighted by molar-refractivity contribution is 5.17. The fourth-order valence-corrected chi connectivity index (χ4v) is 1.98. The van der Waals surface area contributed by atoms with Crippen LogP contribution in [0.15, 0.2) is 0 Å². The average Bonchev–Trinajstić information content (AvgIpc) is 2.14. The Kier molecular flexibility index (Phi) is 2.92. The van der Waals surface area contributed by atoms with Crippen molar-refractivity contribution in [2.24, 2.45) is 0 Å². The number of hydrogen-bond donors (Lipinski definition) is 5. The first kappa shape index (κ1) is 13.8. The maximum atomic E-state index is 10.2. The van der Waals surface area contributed by atoms with Gasteiger partial charge in [0.05, 0.1) is 6.10 Å². The van der Waals surface area contributed by atoms with Gasteiger partial charge < -0.3 is 30.3 Å². The van der Waals surface area contributed by atoms with Gasteiger partial charge in [-0.2, -0.15) is 0 Å². The zero-order chi connectivity index (χ0) is 13.0. The summed E-state index contributed by atoms with van der Waals surface area (Å²) in [4.78, 5) is 0. The monoisotopic (exact) mass is 236 g/mol. The molecule has 0 aromatic heterocycles. The van der Waals surface area contributed by atoms with Crippen molar-refractivity contribution in [3.05, 3.63) is 0 Å². The van der Waals surface area contributed by atoms with E-state index in [4.69, 9.17) is 9.84 Å². The molecular formula is C10H20O6. The molecule has 5 N–H and O–H groups in total. The Balaban J connectivity index is 3.32. The van der Waals surface area contributed by atoms with Crippen molar-refractivity contribution in [1.29, 1.82) is 0 Å². The van der Waals surface area contributed by atoms with Crippen molar-refractivity contribution in [3.8, 4) is 0 Å². The van der Waals surface area contributed by atoms with E-state index in [-0.39, 0.29) is 0 Å². The summed E-state index contributed by atoms with van der Waals surface area (Å²) in [5, 5.41) is 49.5. The summed E-state index contributed by atoms with van der Waals surface area (Å²) in [5.41, 5.74) is -6.03. The second-order valence-electron chi connectivity index (χ2n) is 4.99. The number of aliphatic hydroxyl groups is 5. The maximum absolute atomic E-state index is 10.2. The summed E-state index contributed by atoms with van der Waals surface area (Å²) in [5.74, 6) is -2.32. The minimum Gasteiger partial charge on any atom is -0.391 e. The first-order valence-corrected chi connectivity index (χ1v) is 5.12. The van der Waals surface area contributed by atoms with Gasteiger partial charge in [0, 0.05) is 0 Å². The van der Waals surface area contributed by atoms with E-state index in [2.05, 4.69) is 0 Å². The van der Waals surface area contributed by atoms with Gasteiger partial charge in [-0.1, -0.05) is 0 Å². The quantitative estimate of drug-likeness (QED) is 0.373. The van der Waals surface area contributed by atoms with Gasteiger partial charge in [-0.05, 0) is 27.7 Å². The number of aliphatic hydroxyl groups excluding tert-OH is 1. The zero-order valence-corrected chi connectivity index (χ0v) is 9.93. The van der Waals surface area contributed by atoms with Crippen molar-refractivity contribution in [2.45, 2.75) is 56.4 Å². The van der Waals surface area contributed by atoms with Crippen LogP contribution in [0.2, 0.25) is 0 Å². The molecule has 0 aliphatic carbocycles. The van der Waals surface area contributed by atoms with Crippen molar-refractivity contribution >= 4 is 0 Å². The third-order valence-corrected chi connectivity index (χ3v) is 4.07. The lowest BCUT2D eigenvalue weighted by atomic mass is 9.65. The molecule has 0 bridgehead atoms. The van der Waals surface area contributed by atoms with Crippen LogP contribution in [0.25, 0.3) is 0 Å². The predicted molar refractivity (Wildman–Crippen MR) is 54.5 cm³/mol. The van der Waals surface area contributed by atoms with Gasteiger partial charge in [0.25, 0.3) is 0 Å². The fourth-order valence-electron chi connectivity index (χ4n) is 1.98. The third-order valence-electron chi connectivity index (χ3n) is 4.07. The Labute approximate surface area is 94.1 Å². The van der Waals surface area contributed by atoms with Crippen molar-refractivity contribution in [2.75, 3.05) is 6.61 Å². The highest BCUT2D eigenvalue weighted by atomic mass is 16.7. The number of ether oxygens (including phenoxy) is 1. The van der Waals surface area contributed by atoms with Crippen LogP contribution >= 0.6 is 0 Å². The van der Waals surface area contributed by atoms with E-state index in [0.29, 0.717) is 0 Å². The first-order valence-electron chi connectivity index (χ1n) is 5.12. The van der Waals surface area contributed by atoms with Crippen LogP contribution in [0.1, 0.15) is 27.7 Å². The molecule has 5 atom stereocenters. The van der Waals surface area contributed by atoms with Gasteiger partial charge in [-0.3, -0.25) is 0 Å². The van der Waals surface area contributed by atoms with Crippen LogP contribution in [0.3, 0.4) is 0 Å². The van der Waals surface area contributed by atoms with E-state index < -0.39 is 35.3 Å². The molecule has 96 valence electrons. The summed E-state index contributed by atoms with van der Waals surface area (Å²) in [6.45, 7) is 4.13. The molecule has 16 heavy (non-hydrogen) atoms. The Morgan fingerprint density at radius 1 is 1.00 bits per heavy atom. The van der Waals surface area contributed by atoms with Crippen LogP contribution in [-0.4, -0.2) is 60.8 Å². The summed E-state index contributed by atoms with van der Waals surface area (Å²) < 4.78 is 5.03. The molecule has 1 aliphatic rings. The molecule has 6 heteroatoms. The van der Waals surface area contributed by atoms with E-state index in [1.165, 1.54) is 20.8 Å². The molecule has 1 saturated heterocycles. The molecular weight excluding hydrogens is 216 g/mol. The molecule has 0 aromatic carbocycles. The van der Waals surface area contributed by atoms with Crippen LogP contribution in [0.4, 0.5) is 0 Å². The van der Waals surface area contributed by atoms with E-state index in [0.717, 1.165) is 6.92 Å². The van der Waals surface area contributed by atoms with E-state index in [1.807, 2.05) is 0 Å². The Bertz CT molecular complexity index is 279. The lowest BCUT2D eigenvalue weighted by Gasteiger charge is -2.60. The minimum atomic E-state index is -2.32. The maximum Gasteiger partial charge on any atom is 0.221 e. The molecule has 1 rings (SSSR count). The Morgan fingerprint density at radius 2 is 1.44 bits per heavy atom. The highest BCUT2D eigenvalue weighted by Crippen LogP contribution is 2.47. The first-order chi connectivity index (χ1) is 6.94. The second-order valence-corrected chi connectivity index (χ2v) is 4.99. The van der Waals surface area contributed by atoms with Crippen LogP contribution in [0.5, 0.6) is 0 Å². The molecule has 0 amide bonds. The van der Waals surface area contributed by atoms with E-state index >= 15 is 0 Å². The average molecular weight is 236 g/mol. The van der Waals surface area contributed by atoms with Crippen molar-refractivity contribution in [1.82, 2.24) is 0 Å². The highest BCUT2D eigenvalue weighted by Gasteiger charge is 2.70. The summed E-state index contributed by atoms with van der Waals surface area (Å²) in [6, 6.07) is 0. The van der Waals surface area contributed by atoms with Gasteiger partial charge in [0.1, 0.15) is 23.4 Å². The number of hydrogen-bond acceptors (Lipinski definition) is 6. The molecule has 0 spiro atoms. The largest absolute Gasteiger partial charge is 0.391 e. The van der Waals surface area contributed by atoms with Gasteiger partial charge in [-0.25, -0.2) is 0 Å². The summed E-state index contributed by atoms with van der Waals surface area (Å²) in [7, 11) is 0. The summed E-state index contributed by atoms with van der Waals surface area (Å²) >= 11 is 0. The summed E-state index contributed by atoms with van der Waals surface area (Å²) in [6.07, 6.45) is -0.958. The van der Waals surface area contributed by atoms with Crippen LogP contribution in [0, 0.1) is 0 Å². The molecule has 0 unspecified atom stereocenters. The third kappa shape index (κ3) is 1.35. The molecule has 0 aromatic rings. The fraction of sp³-hybridized carbons (Fsp3) is 1.00. The molecule has 0 radical (unpaired) electrons. The van der Waals surface area contributed by atoms with Crippen LogP contribution < -0.4 is 0 Å². The molecule has 0 saturated carbocycles. The van der Waals surface area contributed by atoms with E-state index in [9.17, 15) is 20.4 Å². The smallest absolute Gasteiger partial charge is 0.221 e. The standard InChI is InChI=1S/C10H20O6/c1-6-7(2,12)8(3,13)9(4,14)10(15,5-11)16-6/h6,11-15H,5H2,1-4H3/t6-,7+,8+,9-,10+/m0/s1. The predicted octanol–water partition coefficient (Wildman–Crippen LogP) is -1.66. The molecule has 6 nitrogen and oxygen atoms in total. The van der Waals surface area contributed by atoms with Gasteiger partial charge >= 0.3 is 0 Å². The zero-order valence-electron chi connectivity index (χ0n) is 9.93. The van der Waals surface area contributed by atoms with Gasteiger partial charge in [0.15, 0.2) is 0 Å². The Hall–Kier alpha value is -0.240. The lowest BCUT2D eigenvalue weighted by Crippen LogP contribution is -2.81. The normalized spacial score (nSPS) is 58.7. The topological polar surface area (TPSA) is 110 Å². The lowest BCUT2D eigenvalue weighted by molar-refractivity contribution is -0.430. The second kappa shape index (κ2) is 3.38. The molecule has 1 fully saturated rings. The molecule has 1 heterocycles. The SMILES string of the molecule is C[C@@H]1O[C@](O)(CO)[C@@](C)(O)[C@](C)(O)[C@]1(C)O. The van der Waals surface area contributed by atoms with Crippen molar-refractivity contribution < 1.29 is 30.3 Å². The molecule has 1 aliphatic heterocycles. The minimum absolute atomic E-state index is 0.892. The number of rotatable bonds is 1. The van der Waals surface area contributed by atoms with Crippen molar-refractivity contribution in [3.63, 3.8) is 0 Å².